The molecule has 0 saturated heterocycles. The Labute approximate surface area is 181 Å². The molecule has 0 aliphatic rings. The van der Waals surface area contributed by atoms with Gasteiger partial charge in [0.1, 0.15) is 0 Å². The standard InChI is InChI=1S/C18H15P.C5H12O.Na.H/c1-4-10-16(11-5-1)19(17-12-6-2-7-13-17)18-14-8-3-9-15-18;1-4-5(2,3)6;;/h1-15H;6H,4H2,1-3H3;;. The van der Waals surface area contributed by atoms with E-state index in [0.29, 0.717) is 0 Å². The van der Waals surface area contributed by atoms with E-state index in [-0.39, 0.29) is 29.6 Å². The first kappa shape index (κ1) is 23.1. The molecule has 0 aromatic heterocycles. The van der Waals surface area contributed by atoms with Crippen LogP contribution in [0.5, 0.6) is 0 Å². The zero-order chi connectivity index (χ0) is 18.1. The third-order valence-electron chi connectivity index (χ3n) is 3.91. The van der Waals surface area contributed by atoms with Gasteiger partial charge in [0.2, 0.25) is 0 Å². The first-order chi connectivity index (χ1) is 12.0. The van der Waals surface area contributed by atoms with Gasteiger partial charge < -0.3 is 5.11 Å². The predicted octanol–water partition coefficient (Wildman–Crippen LogP) is 3.96. The van der Waals surface area contributed by atoms with E-state index in [1.165, 1.54) is 15.9 Å². The van der Waals surface area contributed by atoms with E-state index in [1.54, 1.807) is 13.8 Å². The van der Waals surface area contributed by atoms with Crippen molar-refractivity contribution in [1.82, 2.24) is 0 Å². The molecule has 0 aliphatic heterocycles. The third-order valence-corrected chi connectivity index (χ3v) is 6.35. The second-order valence-corrected chi connectivity index (χ2v) is 8.73. The van der Waals surface area contributed by atoms with E-state index in [2.05, 4.69) is 91.0 Å². The van der Waals surface area contributed by atoms with E-state index in [0.717, 1.165) is 6.42 Å². The molecule has 0 unspecified atom stereocenters. The van der Waals surface area contributed by atoms with Crippen molar-refractivity contribution in [2.24, 2.45) is 0 Å². The zero-order valence-electron chi connectivity index (χ0n) is 15.3. The molecule has 0 fully saturated rings. The summed E-state index contributed by atoms with van der Waals surface area (Å²) in [5, 5.41) is 13.0. The molecule has 1 nitrogen and oxygen atoms in total. The topological polar surface area (TPSA) is 20.2 Å². The molecule has 132 valence electrons. The summed E-state index contributed by atoms with van der Waals surface area (Å²) in [7, 11) is -0.446. The second-order valence-electron chi connectivity index (χ2n) is 6.51. The Bertz CT molecular complexity index is 631. The molecule has 3 aromatic carbocycles. The smallest absolute Gasteiger partial charge is 0.0134 e. The molecule has 3 rings (SSSR count). The molecule has 3 heteroatoms. The Morgan fingerprint density at radius 3 is 1.08 bits per heavy atom. The summed E-state index contributed by atoms with van der Waals surface area (Å²) in [5.41, 5.74) is -0.458. The number of rotatable bonds is 4. The summed E-state index contributed by atoms with van der Waals surface area (Å²) in [5.74, 6) is 0. The van der Waals surface area contributed by atoms with Crippen molar-refractivity contribution in [3.05, 3.63) is 91.0 Å². The van der Waals surface area contributed by atoms with Crippen LogP contribution >= 0.6 is 7.92 Å². The normalized spacial score (nSPS) is 10.5. The van der Waals surface area contributed by atoms with Crippen LogP contribution in [0.2, 0.25) is 0 Å². The van der Waals surface area contributed by atoms with E-state index in [9.17, 15) is 0 Å². The van der Waals surface area contributed by atoms with Crippen LogP contribution in [-0.2, 0) is 0 Å². The Kier molecular flexibility index (Phi) is 10.4. The third kappa shape index (κ3) is 7.74. The number of hydrogen-bond acceptors (Lipinski definition) is 1. The largest absolute Gasteiger partial charge is 0.0622 e. The quantitative estimate of drug-likeness (QED) is 0.541. The van der Waals surface area contributed by atoms with Gasteiger partial charge >= 0.3 is 29.6 Å². The minimum Gasteiger partial charge on any atom is -0.0622 e. The SMILES string of the molecule is CCC(C)(C)O.[NaH].c1ccc(P(c2ccccc2)c2ccccc2)cc1. The van der Waals surface area contributed by atoms with Crippen LogP contribution in [-0.4, -0.2) is 40.3 Å². The van der Waals surface area contributed by atoms with Crippen LogP contribution < -0.4 is 15.9 Å². The van der Waals surface area contributed by atoms with Gasteiger partial charge in [-0.15, -0.1) is 0 Å². The molecule has 0 spiro atoms. The van der Waals surface area contributed by atoms with E-state index in [4.69, 9.17) is 5.11 Å². The fourth-order valence-corrected chi connectivity index (χ4v) is 4.48. The predicted molar refractivity (Wildman–Crippen MR) is 119 cm³/mol. The molecule has 0 aliphatic carbocycles. The van der Waals surface area contributed by atoms with Crippen molar-refractivity contribution in [3.63, 3.8) is 0 Å². The molecule has 1 N–H and O–H groups in total. The summed E-state index contributed by atoms with van der Waals surface area (Å²) >= 11 is 0. The van der Waals surface area contributed by atoms with Crippen molar-refractivity contribution in [2.45, 2.75) is 32.8 Å². The fourth-order valence-electron chi connectivity index (χ4n) is 2.18. The maximum Gasteiger partial charge on any atom is -0.0134 e. The molecule has 26 heavy (non-hydrogen) atoms. The second kappa shape index (κ2) is 11.7. The van der Waals surface area contributed by atoms with Gasteiger partial charge in [-0.3, -0.25) is 0 Å². The molecule has 0 saturated carbocycles. The van der Waals surface area contributed by atoms with Crippen LogP contribution in [0.25, 0.3) is 0 Å². The molecule has 0 bridgehead atoms. The molecular formula is C23H28NaOP. The van der Waals surface area contributed by atoms with Gasteiger partial charge in [0.25, 0.3) is 0 Å². The molecular weight excluding hydrogens is 346 g/mol. The van der Waals surface area contributed by atoms with Gasteiger partial charge in [-0.2, -0.15) is 0 Å². The van der Waals surface area contributed by atoms with Gasteiger partial charge in [-0.05, 0) is 44.1 Å². The molecule has 0 amide bonds. The van der Waals surface area contributed by atoms with Gasteiger partial charge in [0.05, 0.1) is 5.60 Å². The Morgan fingerprint density at radius 1 is 0.654 bits per heavy atom. The number of hydrogen-bond donors (Lipinski definition) is 1. The zero-order valence-corrected chi connectivity index (χ0v) is 16.2. The summed E-state index contributed by atoms with van der Waals surface area (Å²) in [6.45, 7) is 5.56. The molecule has 3 aromatic rings. The Morgan fingerprint density at radius 2 is 0.885 bits per heavy atom. The maximum atomic E-state index is 8.83. The van der Waals surface area contributed by atoms with Gasteiger partial charge in [-0.25, -0.2) is 0 Å². The van der Waals surface area contributed by atoms with Crippen molar-refractivity contribution in [3.8, 4) is 0 Å². The van der Waals surface area contributed by atoms with Crippen LogP contribution in [0.4, 0.5) is 0 Å². The summed E-state index contributed by atoms with van der Waals surface area (Å²) in [4.78, 5) is 0. The van der Waals surface area contributed by atoms with Crippen LogP contribution in [0.15, 0.2) is 91.0 Å². The Balaban J connectivity index is 0.000000422. The molecule has 0 atom stereocenters. The van der Waals surface area contributed by atoms with Crippen LogP contribution in [0.3, 0.4) is 0 Å². The van der Waals surface area contributed by atoms with Crippen LogP contribution in [0.1, 0.15) is 27.2 Å². The molecule has 0 radical (unpaired) electrons. The summed E-state index contributed by atoms with van der Waals surface area (Å²) in [6.07, 6.45) is 0.826. The summed E-state index contributed by atoms with van der Waals surface area (Å²) < 4.78 is 0. The first-order valence-corrected chi connectivity index (χ1v) is 10.0. The fraction of sp³-hybridized carbons (Fsp3) is 0.217. The van der Waals surface area contributed by atoms with Gasteiger partial charge in [-0.1, -0.05) is 97.9 Å². The minimum absolute atomic E-state index is 0. The van der Waals surface area contributed by atoms with Crippen molar-refractivity contribution in [2.75, 3.05) is 0 Å². The Hall–Kier alpha value is -0.950. The van der Waals surface area contributed by atoms with Crippen LogP contribution in [0, 0.1) is 0 Å². The van der Waals surface area contributed by atoms with Gasteiger partial charge in [0.15, 0.2) is 0 Å². The first-order valence-electron chi connectivity index (χ1n) is 8.69. The minimum atomic E-state index is -0.458. The average Bonchev–Trinajstić information content (AvgIpc) is 2.65. The van der Waals surface area contributed by atoms with Crippen molar-refractivity contribution < 1.29 is 5.11 Å². The van der Waals surface area contributed by atoms with E-state index >= 15 is 0 Å². The van der Waals surface area contributed by atoms with Crippen molar-refractivity contribution in [1.29, 1.82) is 0 Å². The average molecular weight is 374 g/mol. The van der Waals surface area contributed by atoms with Gasteiger partial charge in [0, 0.05) is 0 Å². The number of benzene rings is 3. The summed E-state index contributed by atoms with van der Waals surface area (Å²) in [6, 6.07) is 32.3. The van der Waals surface area contributed by atoms with Crippen molar-refractivity contribution >= 4 is 53.4 Å². The maximum absolute atomic E-state index is 8.83. The van der Waals surface area contributed by atoms with E-state index < -0.39 is 13.5 Å². The number of aliphatic hydroxyl groups is 1. The monoisotopic (exact) mass is 374 g/mol. The van der Waals surface area contributed by atoms with E-state index in [1.807, 2.05) is 6.92 Å². The molecule has 0 heterocycles.